The molecule has 1 amide bonds. The summed E-state index contributed by atoms with van der Waals surface area (Å²) >= 11 is 0. The van der Waals surface area contributed by atoms with Crippen molar-refractivity contribution in [2.75, 3.05) is 11.9 Å². The summed E-state index contributed by atoms with van der Waals surface area (Å²) in [6.45, 7) is 1.79. The van der Waals surface area contributed by atoms with Crippen molar-refractivity contribution in [2.24, 2.45) is 5.41 Å². The summed E-state index contributed by atoms with van der Waals surface area (Å²) in [5.74, 6) is -1.92. The van der Waals surface area contributed by atoms with Gasteiger partial charge in [0.05, 0.1) is 28.5 Å². The largest absolute Gasteiger partial charge is 0.390 e. The second-order valence-electron chi connectivity index (χ2n) is 10.6. The second kappa shape index (κ2) is 8.29. The Morgan fingerprint density at radius 2 is 1.78 bits per heavy atom. The molecule has 4 aliphatic rings. The zero-order chi connectivity index (χ0) is 26.0. The minimum atomic E-state index is -3.04. The zero-order valence-corrected chi connectivity index (χ0v) is 19.5. The molecule has 0 spiro atoms. The topological polar surface area (TPSA) is 83.4 Å². The van der Waals surface area contributed by atoms with Crippen LogP contribution in [0.25, 0.3) is 0 Å². The van der Waals surface area contributed by atoms with Crippen LogP contribution in [0.3, 0.4) is 0 Å². The average molecular weight is 511 g/mol. The number of carbonyl (C=O) groups is 1. The highest BCUT2D eigenvalue weighted by Gasteiger charge is 2.66. The fourth-order valence-electron chi connectivity index (χ4n) is 5.73. The minimum absolute atomic E-state index is 0.0855. The molecule has 36 heavy (non-hydrogen) atoms. The van der Waals surface area contributed by atoms with Gasteiger partial charge in [-0.2, -0.15) is 0 Å². The van der Waals surface area contributed by atoms with Crippen LogP contribution >= 0.6 is 0 Å². The quantitative estimate of drug-likeness (QED) is 0.433. The van der Waals surface area contributed by atoms with Crippen LogP contribution in [0.4, 0.5) is 27.6 Å². The molecule has 6 rings (SSSR count). The normalized spacial score (nSPS) is 26.2. The third kappa shape index (κ3) is 3.97. The van der Waals surface area contributed by atoms with Gasteiger partial charge in [0.2, 0.25) is 0 Å². The third-order valence-corrected chi connectivity index (χ3v) is 7.82. The number of nitrogens with one attached hydrogen (secondary N) is 2. The highest BCUT2D eigenvalue weighted by atomic mass is 19.3. The standard InChI is InChI=1S/C25H26F5N3O3/c1-13(14-3-2-4-15(19(14)26)20(27)28)32-21(35)16-8-33(25(5-6-25)22(29)30)18(34)7-17(16)31-12-23-9-24(36,10-23)11-23/h2-4,7-8,13,20,22,31,36H,5-6,9-12H2,1H3,(H,32,35)/t13-,23?,24?/m1/s1. The highest BCUT2D eigenvalue weighted by Crippen LogP contribution is 2.67. The van der Waals surface area contributed by atoms with Crippen molar-refractivity contribution in [1.82, 2.24) is 9.88 Å². The molecule has 0 unspecified atom stereocenters. The van der Waals surface area contributed by atoms with Crippen molar-refractivity contribution >= 4 is 11.6 Å². The molecule has 194 valence electrons. The van der Waals surface area contributed by atoms with Crippen LogP contribution in [0.1, 0.15) is 73.0 Å². The minimum Gasteiger partial charge on any atom is -0.390 e. The Morgan fingerprint density at radius 3 is 2.33 bits per heavy atom. The number of nitrogens with zero attached hydrogens (tertiary/aromatic N) is 1. The van der Waals surface area contributed by atoms with Gasteiger partial charge in [0.15, 0.2) is 0 Å². The molecule has 1 aromatic heterocycles. The lowest BCUT2D eigenvalue weighted by Crippen LogP contribution is -2.69. The number of alkyl halides is 4. The van der Waals surface area contributed by atoms with Gasteiger partial charge in [-0.25, -0.2) is 22.0 Å². The Kier molecular flexibility index (Phi) is 5.70. The summed E-state index contributed by atoms with van der Waals surface area (Å²) in [6.07, 6.45) is -2.80. The Labute approximate surface area is 203 Å². The smallest absolute Gasteiger partial charge is 0.266 e. The van der Waals surface area contributed by atoms with Gasteiger partial charge >= 0.3 is 0 Å². The van der Waals surface area contributed by atoms with Crippen molar-refractivity contribution in [3.63, 3.8) is 0 Å². The first kappa shape index (κ1) is 24.7. The maximum atomic E-state index is 14.6. The number of rotatable bonds is 9. The summed E-state index contributed by atoms with van der Waals surface area (Å²) in [5, 5.41) is 15.6. The predicted octanol–water partition coefficient (Wildman–Crippen LogP) is 4.50. The number of anilines is 1. The van der Waals surface area contributed by atoms with Gasteiger partial charge in [-0.1, -0.05) is 18.2 Å². The Bertz CT molecular complexity index is 1250. The number of carbonyl (C=O) groups excluding carboxylic acids is 1. The summed E-state index contributed by atoms with van der Waals surface area (Å²) < 4.78 is 69.2. The number of halogens is 5. The molecular weight excluding hydrogens is 485 g/mol. The molecular formula is C25H26F5N3O3. The van der Waals surface area contributed by atoms with Gasteiger partial charge in [0.25, 0.3) is 24.3 Å². The van der Waals surface area contributed by atoms with Crippen LogP contribution in [-0.4, -0.2) is 34.2 Å². The lowest BCUT2D eigenvalue weighted by atomic mass is 9.41. The molecule has 2 aromatic rings. The lowest BCUT2D eigenvalue weighted by Gasteiger charge is -2.67. The van der Waals surface area contributed by atoms with Crippen LogP contribution in [0.15, 0.2) is 35.3 Å². The van der Waals surface area contributed by atoms with E-state index in [1.165, 1.54) is 19.1 Å². The molecule has 1 aromatic carbocycles. The SMILES string of the molecule is C[C@@H](NC(=O)c1cn(C2(C(F)F)CC2)c(=O)cc1NCC12CC(O)(C1)C2)c1cccc(C(F)F)c1F. The highest BCUT2D eigenvalue weighted by molar-refractivity contribution is 5.99. The number of aliphatic hydroxyl groups is 1. The molecule has 4 fully saturated rings. The number of aromatic nitrogens is 1. The summed E-state index contributed by atoms with van der Waals surface area (Å²) in [4.78, 5) is 26.0. The molecule has 0 aliphatic heterocycles. The van der Waals surface area contributed by atoms with Crippen molar-refractivity contribution in [3.8, 4) is 0 Å². The van der Waals surface area contributed by atoms with E-state index in [4.69, 9.17) is 0 Å². The predicted molar refractivity (Wildman–Crippen MR) is 121 cm³/mol. The molecule has 3 N–H and O–H groups in total. The van der Waals surface area contributed by atoms with Crippen LogP contribution in [0.2, 0.25) is 0 Å². The molecule has 4 saturated carbocycles. The van der Waals surface area contributed by atoms with Crippen molar-refractivity contribution in [3.05, 3.63) is 63.3 Å². The fraction of sp³-hybridized carbons (Fsp3) is 0.520. The van der Waals surface area contributed by atoms with E-state index in [1.807, 2.05) is 0 Å². The van der Waals surface area contributed by atoms with Crippen molar-refractivity contribution in [2.45, 2.75) is 69.1 Å². The molecule has 6 nitrogen and oxygen atoms in total. The molecule has 4 aliphatic carbocycles. The average Bonchev–Trinajstić information content (AvgIpc) is 3.57. The van der Waals surface area contributed by atoms with Gasteiger partial charge in [0.1, 0.15) is 11.4 Å². The van der Waals surface area contributed by atoms with E-state index >= 15 is 0 Å². The first-order valence-electron chi connectivity index (χ1n) is 11.8. The first-order valence-corrected chi connectivity index (χ1v) is 11.8. The van der Waals surface area contributed by atoms with E-state index in [-0.39, 0.29) is 35.1 Å². The van der Waals surface area contributed by atoms with Gasteiger partial charge in [-0.05, 0) is 44.4 Å². The van der Waals surface area contributed by atoms with Crippen molar-refractivity contribution < 1.29 is 31.9 Å². The molecule has 0 radical (unpaired) electrons. The monoisotopic (exact) mass is 511 g/mol. The summed E-state index contributed by atoms with van der Waals surface area (Å²) in [5.41, 5.74) is -4.07. The van der Waals surface area contributed by atoms with E-state index < -0.39 is 52.9 Å². The van der Waals surface area contributed by atoms with E-state index in [1.54, 1.807) is 0 Å². The number of benzene rings is 1. The Balaban J connectivity index is 1.44. The van der Waals surface area contributed by atoms with Crippen molar-refractivity contribution in [1.29, 1.82) is 0 Å². The van der Waals surface area contributed by atoms with Crippen LogP contribution in [0.5, 0.6) is 0 Å². The van der Waals surface area contributed by atoms with E-state index in [0.29, 0.717) is 25.8 Å². The number of amides is 1. The van der Waals surface area contributed by atoms with Gasteiger partial charge in [0, 0.05) is 24.4 Å². The molecule has 0 saturated heterocycles. The number of hydrogen-bond donors (Lipinski definition) is 3. The number of pyridine rings is 1. The van der Waals surface area contributed by atoms with Gasteiger partial charge in [-0.15, -0.1) is 0 Å². The maximum Gasteiger partial charge on any atom is 0.266 e. The fourth-order valence-corrected chi connectivity index (χ4v) is 5.73. The van der Waals surface area contributed by atoms with E-state index in [9.17, 15) is 36.6 Å². The van der Waals surface area contributed by atoms with Crippen LogP contribution in [-0.2, 0) is 5.54 Å². The third-order valence-electron chi connectivity index (χ3n) is 7.82. The molecule has 1 heterocycles. The van der Waals surface area contributed by atoms with E-state index in [0.717, 1.165) is 22.9 Å². The summed E-state index contributed by atoms with van der Waals surface area (Å²) in [6, 6.07) is 3.56. The zero-order valence-electron chi connectivity index (χ0n) is 19.5. The van der Waals surface area contributed by atoms with Gasteiger partial charge < -0.3 is 20.3 Å². The van der Waals surface area contributed by atoms with Crippen LogP contribution < -0.4 is 16.2 Å². The Hall–Kier alpha value is -2.95. The van der Waals surface area contributed by atoms with Crippen LogP contribution in [0, 0.1) is 11.2 Å². The molecule has 11 heteroatoms. The molecule has 2 bridgehead atoms. The number of hydrogen-bond acceptors (Lipinski definition) is 4. The lowest BCUT2D eigenvalue weighted by molar-refractivity contribution is -0.252. The second-order valence-corrected chi connectivity index (χ2v) is 10.6. The first-order chi connectivity index (χ1) is 16.9. The van der Waals surface area contributed by atoms with E-state index in [2.05, 4.69) is 10.6 Å². The Morgan fingerprint density at radius 1 is 1.14 bits per heavy atom. The maximum absolute atomic E-state index is 14.6. The summed E-state index contributed by atoms with van der Waals surface area (Å²) in [7, 11) is 0. The molecule has 1 atom stereocenters. The van der Waals surface area contributed by atoms with Gasteiger partial charge in [-0.3, -0.25) is 9.59 Å².